The van der Waals surface area contributed by atoms with Crippen LogP contribution in [-0.4, -0.2) is 89.4 Å². The van der Waals surface area contributed by atoms with Crippen molar-refractivity contribution in [2.24, 2.45) is 0 Å². The molecule has 2 amide bonds. The number of ether oxygens (including phenoxy) is 1. The smallest absolute Gasteiger partial charge is 0.416 e. The molecule has 0 radical (unpaired) electrons. The summed E-state index contributed by atoms with van der Waals surface area (Å²) in [6.45, 7) is 0.0736. The molecule has 2 fully saturated rings. The Morgan fingerprint density at radius 3 is 1.77 bits per heavy atom. The highest BCUT2D eigenvalue weighted by Crippen LogP contribution is 2.33. The first-order valence-electron chi connectivity index (χ1n) is 18.9. The van der Waals surface area contributed by atoms with Crippen molar-refractivity contribution >= 4 is 107 Å². The van der Waals surface area contributed by atoms with Crippen molar-refractivity contribution in [2.75, 3.05) is 36.5 Å². The van der Waals surface area contributed by atoms with E-state index in [0.717, 1.165) is 53.4 Å². The topological polar surface area (TPSA) is 210 Å². The molecule has 4 atom stereocenters. The molecule has 27 heteroatoms. The second-order valence-corrected chi connectivity index (χ2v) is 21.4. The molecule has 0 unspecified atom stereocenters. The van der Waals surface area contributed by atoms with Crippen molar-refractivity contribution in [3.8, 4) is 6.19 Å². The van der Waals surface area contributed by atoms with Gasteiger partial charge in [0, 0.05) is 67.0 Å². The summed E-state index contributed by atoms with van der Waals surface area (Å²) in [5.74, 6) is 0. The molecular weight excluding hydrogens is 1190 g/mol. The lowest BCUT2D eigenvalue weighted by molar-refractivity contribution is -0.138. The normalized spacial score (nSPS) is 18.8. The number of hydrogen-bond donors (Lipinski definition) is 5. The zero-order valence-corrected chi connectivity index (χ0v) is 41.4. The molecule has 2 saturated heterocycles. The molecule has 0 aliphatic carbocycles. The van der Waals surface area contributed by atoms with Crippen LogP contribution in [0.4, 0.5) is 47.3 Å². The number of nitrogens with one attached hydrogen (secondary N) is 4. The molecule has 356 valence electrons. The van der Waals surface area contributed by atoms with Crippen LogP contribution in [0.2, 0.25) is 0 Å². The first kappa shape index (κ1) is 53.0. The van der Waals surface area contributed by atoms with Gasteiger partial charge >= 0.3 is 24.5 Å². The number of rotatable bonds is 12. The van der Waals surface area contributed by atoms with Gasteiger partial charge < -0.3 is 20.1 Å². The highest BCUT2D eigenvalue weighted by atomic mass is 79.9. The molecule has 2 aliphatic rings. The number of likely N-dealkylation sites (tertiary alicyclic amines) is 1. The molecule has 2 heterocycles. The molecule has 4 aromatic carbocycles. The summed E-state index contributed by atoms with van der Waals surface area (Å²) >= 11 is 12.9. The standard InChI is InChI=1S/C20H17Br2F3N4O4S.C19H18Br2F3N3O4S/c21-13-3-6-17(22)18(7-13)34(31,32)28-15-8-16(29(9-15)11-26)10-33-19(30)27-14-4-1-12(2-5-14)20(23,24)25;20-12-3-6-16(21)17(7-12)32(30,31)26-13-8-14(25-9-13)10-27(18(28)29)15-4-1-11(2-5-15)19(22,23)24/h1-7,15-16,28H,8-10H2,(H,27,30);1-7,13-14,25-26H,8-10H2,(H,28,29)/t15-,16-;13-,14-/m11/s1. The van der Waals surface area contributed by atoms with Gasteiger partial charge in [0.1, 0.15) is 6.61 Å². The predicted octanol–water partition coefficient (Wildman–Crippen LogP) is 9.11. The fourth-order valence-corrected chi connectivity index (χ4v) is 12.2. The van der Waals surface area contributed by atoms with Crippen molar-refractivity contribution in [3.05, 3.63) is 114 Å². The van der Waals surface area contributed by atoms with Crippen molar-refractivity contribution in [2.45, 2.75) is 59.2 Å². The van der Waals surface area contributed by atoms with Gasteiger partial charge in [0.15, 0.2) is 6.19 Å². The highest BCUT2D eigenvalue weighted by Gasteiger charge is 2.37. The van der Waals surface area contributed by atoms with Gasteiger partial charge in [-0.3, -0.25) is 10.2 Å². The minimum atomic E-state index is -4.52. The largest absolute Gasteiger partial charge is 0.465 e. The number of carboxylic acid groups (broad SMARTS) is 1. The molecule has 0 saturated carbocycles. The maximum Gasteiger partial charge on any atom is 0.416 e. The number of amides is 2. The van der Waals surface area contributed by atoms with E-state index in [9.17, 15) is 63.1 Å². The van der Waals surface area contributed by atoms with Gasteiger partial charge in [0.05, 0.1) is 27.0 Å². The number of hydrogen-bond acceptors (Lipinski definition) is 10. The van der Waals surface area contributed by atoms with E-state index in [1.54, 1.807) is 24.3 Å². The molecule has 5 N–H and O–H groups in total. The summed E-state index contributed by atoms with van der Waals surface area (Å²) in [4.78, 5) is 26.0. The zero-order chi connectivity index (χ0) is 48.8. The molecular formula is C39H35Br4F6N7O8S2. The van der Waals surface area contributed by atoms with Crippen LogP contribution in [0.5, 0.6) is 0 Å². The summed E-state index contributed by atoms with van der Waals surface area (Å²) in [5, 5.41) is 24.3. The molecule has 15 nitrogen and oxygen atoms in total. The lowest BCUT2D eigenvalue weighted by Crippen LogP contribution is -2.40. The Morgan fingerprint density at radius 2 is 1.29 bits per heavy atom. The number of carbonyl (C=O) groups excluding carboxylic acids is 1. The summed E-state index contributed by atoms with van der Waals surface area (Å²) in [7, 11) is -7.74. The van der Waals surface area contributed by atoms with Gasteiger partial charge in [-0.05, 0) is 130 Å². The maximum absolute atomic E-state index is 12.8. The number of carbonyl (C=O) groups is 2. The van der Waals surface area contributed by atoms with Crippen molar-refractivity contribution < 1.29 is 62.6 Å². The third-order valence-electron chi connectivity index (χ3n) is 9.78. The molecule has 66 heavy (non-hydrogen) atoms. The van der Waals surface area contributed by atoms with Crippen LogP contribution in [0.1, 0.15) is 24.0 Å². The van der Waals surface area contributed by atoms with Gasteiger partial charge in [-0.2, -0.15) is 31.6 Å². The number of halogens is 10. The van der Waals surface area contributed by atoms with Gasteiger partial charge in [-0.25, -0.2) is 35.9 Å². The Balaban J connectivity index is 0.000000248. The summed E-state index contributed by atoms with van der Waals surface area (Å²) in [5.41, 5.74) is -1.54. The second-order valence-electron chi connectivity index (χ2n) is 14.5. The minimum absolute atomic E-state index is 0.0287. The minimum Gasteiger partial charge on any atom is -0.465 e. The van der Waals surface area contributed by atoms with E-state index >= 15 is 0 Å². The first-order valence-corrected chi connectivity index (χ1v) is 25.0. The van der Waals surface area contributed by atoms with Crippen LogP contribution >= 0.6 is 63.7 Å². The second kappa shape index (κ2) is 22.0. The van der Waals surface area contributed by atoms with Gasteiger partial charge in [0.25, 0.3) is 0 Å². The lowest BCUT2D eigenvalue weighted by Gasteiger charge is -2.23. The Labute approximate surface area is 407 Å². The van der Waals surface area contributed by atoms with E-state index in [0.29, 0.717) is 24.3 Å². The molecule has 0 bridgehead atoms. The fraction of sp³-hybridized carbons (Fsp3) is 0.308. The van der Waals surface area contributed by atoms with E-state index in [1.807, 2.05) is 6.19 Å². The number of nitriles is 1. The van der Waals surface area contributed by atoms with E-state index < -0.39 is 79.9 Å². The van der Waals surface area contributed by atoms with Crippen LogP contribution in [0.15, 0.2) is 113 Å². The number of benzene rings is 4. The average molecular weight is 1230 g/mol. The van der Waals surface area contributed by atoms with Crippen LogP contribution in [0, 0.1) is 11.5 Å². The van der Waals surface area contributed by atoms with Gasteiger partial charge in [-0.15, -0.1) is 0 Å². The van der Waals surface area contributed by atoms with Crippen molar-refractivity contribution in [3.63, 3.8) is 0 Å². The SMILES string of the molecule is N#CN1C[C@H](NS(=O)(=O)c2cc(Br)ccc2Br)C[C@@H]1COC(=O)Nc1ccc(C(F)(F)F)cc1.O=C(O)N(C[C@H]1C[C@@H](NS(=O)(=O)c2cc(Br)ccc2Br)CN1)c1ccc(C(F)(F)F)cc1. The number of nitrogens with zero attached hydrogens (tertiary/aromatic N) is 3. The van der Waals surface area contributed by atoms with E-state index in [4.69, 9.17) is 4.74 Å². The highest BCUT2D eigenvalue weighted by molar-refractivity contribution is 9.11. The molecule has 2 aliphatic heterocycles. The monoisotopic (exact) mass is 1220 g/mol. The number of anilines is 2. The molecule has 4 aromatic rings. The lowest BCUT2D eigenvalue weighted by atomic mass is 10.1. The summed E-state index contributed by atoms with van der Waals surface area (Å²) < 4.78 is 139. The van der Waals surface area contributed by atoms with Crippen molar-refractivity contribution in [1.82, 2.24) is 19.7 Å². The average Bonchev–Trinajstić information content (AvgIpc) is 3.85. The third-order valence-corrected chi connectivity index (χ3v) is 15.8. The Hall–Kier alpha value is -4.01. The van der Waals surface area contributed by atoms with Crippen molar-refractivity contribution in [1.29, 1.82) is 5.26 Å². The zero-order valence-electron chi connectivity index (χ0n) is 33.4. The van der Waals surface area contributed by atoms with Crippen LogP contribution in [0.25, 0.3) is 0 Å². The van der Waals surface area contributed by atoms with E-state index in [2.05, 4.69) is 83.8 Å². The van der Waals surface area contributed by atoms with Gasteiger partial charge in [0.2, 0.25) is 20.0 Å². The Morgan fingerprint density at radius 1 is 0.788 bits per heavy atom. The quantitative estimate of drug-likeness (QED) is 0.0667. The van der Waals surface area contributed by atoms with E-state index in [1.165, 1.54) is 17.0 Å². The fourth-order valence-electron chi connectivity index (χ4n) is 6.68. The third kappa shape index (κ3) is 14.5. The first-order chi connectivity index (χ1) is 30.7. The number of sulfonamides is 2. The van der Waals surface area contributed by atoms with E-state index in [-0.39, 0.29) is 53.8 Å². The van der Waals surface area contributed by atoms with Gasteiger partial charge in [-0.1, -0.05) is 31.9 Å². The summed E-state index contributed by atoms with van der Waals surface area (Å²) in [6, 6.07) is 15.0. The molecule has 0 aromatic heterocycles. The predicted molar refractivity (Wildman–Crippen MR) is 242 cm³/mol. The number of alkyl halides is 6. The van der Waals surface area contributed by atoms with Crippen LogP contribution < -0.4 is 25.0 Å². The molecule has 6 rings (SSSR count). The maximum atomic E-state index is 12.8. The van der Waals surface area contributed by atoms with Crippen LogP contribution in [-0.2, 0) is 37.1 Å². The molecule has 0 spiro atoms. The summed E-state index contributed by atoms with van der Waals surface area (Å²) in [6.07, 6.45) is -8.81. The Bertz CT molecular complexity index is 2670. The Kier molecular flexibility index (Phi) is 17.6. The van der Waals surface area contributed by atoms with Crippen LogP contribution in [0.3, 0.4) is 0 Å².